The first kappa shape index (κ1) is 15.4. The quantitative estimate of drug-likeness (QED) is 0.613. The van der Waals surface area contributed by atoms with Crippen LogP contribution in [-0.4, -0.2) is 47.3 Å². The van der Waals surface area contributed by atoms with Crippen LogP contribution in [0.5, 0.6) is 0 Å². The number of halogens is 1. The summed E-state index contributed by atoms with van der Waals surface area (Å²) in [6.07, 6.45) is 2.09. The minimum Gasteiger partial charge on any atom is -0.342 e. The molecule has 1 heterocycles. The summed E-state index contributed by atoms with van der Waals surface area (Å²) in [4.78, 5) is 25.4. The number of likely N-dealkylation sites (N-methyl/N-ethyl adjacent to an activating group) is 1. The number of hydrogen-bond acceptors (Lipinski definition) is 4. The predicted molar refractivity (Wildman–Crippen MR) is 75.2 cm³/mol. The molecular weight excluding hydrogens is 277 g/mol. The average Bonchev–Trinajstić information content (AvgIpc) is 2.91. The number of hydrogen-bond donors (Lipinski definition) is 0. The van der Waals surface area contributed by atoms with Crippen LogP contribution in [0.25, 0.3) is 0 Å². The van der Waals surface area contributed by atoms with E-state index in [1.165, 1.54) is 6.07 Å². The van der Waals surface area contributed by atoms with Crippen LogP contribution in [0.4, 0.5) is 10.1 Å². The van der Waals surface area contributed by atoms with Crippen molar-refractivity contribution in [2.24, 2.45) is 0 Å². The molecule has 0 atom stereocenters. The lowest BCUT2D eigenvalue weighted by atomic mass is 10.2. The van der Waals surface area contributed by atoms with Crippen molar-refractivity contribution in [1.29, 1.82) is 0 Å². The van der Waals surface area contributed by atoms with Crippen molar-refractivity contribution in [3.05, 3.63) is 39.7 Å². The molecule has 1 fully saturated rings. The standard InChI is InChI=1S/C14H18FN3O3/c1-16(10-14(19)17-6-2-3-7-17)9-11-4-5-13(18(20)21)12(15)8-11/h4-5,8H,2-3,6-7,9-10H2,1H3. The summed E-state index contributed by atoms with van der Waals surface area (Å²) in [5.41, 5.74) is 0.0735. The number of likely N-dealkylation sites (tertiary alicyclic amines) is 1. The number of amides is 1. The highest BCUT2D eigenvalue weighted by molar-refractivity contribution is 5.78. The van der Waals surface area contributed by atoms with Gasteiger partial charge in [0.1, 0.15) is 0 Å². The summed E-state index contributed by atoms with van der Waals surface area (Å²) >= 11 is 0. The van der Waals surface area contributed by atoms with E-state index < -0.39 is 16.4 Å². The van der Waals surface area contributed by atoms with E-state index in [2.05, 4.69) is 0 Å². The van der Waals surface area contributed by atoms with Gasteiger partial charge in [-0.3, -0.25) is 19.8 Å². The van der Waals surface area contributed by atoms with E-state index in [1.807, 2.05) is 4.90 Å². The molecule has 1 aliphatic rings. The van der Waals surface area contributed by atoms with Gasteiger partial charge in [-0.25, -0.2) is 0 Å². The number of nitro benzene ring substituents is 1. The fourth-order valence-corrected chi connectivity index (χ4v) is 2.46. The van der Waals surface area contributed by atoms with Crippen LogP contribution in [-0.2, 0) is 11.3 Å². The van der Waals surface area contributed by atoms with Crippen molar-refractivity contribution < 1.29 is 14.1 Å². The summed E-state index contributed by atoms with van der Waals surface area (Å²) in [6, 6.07) is 3.81. The fourth-order valence-electron chi connectivity index (χ4n) is 2.46. The molecule has 114 valence electrons. The summed E-state index contributed by atoms with van der Waals surface area (Å²) < 4.78 is 13.5. The van der Waals surface area contributed by atoms with Gasteiger partial charge in [0.15, 0.2) is 0 Å². The molecule has 0 spiro atoms. The van der Waals surface area contributed by atoms with E-state index in [-0.39, 0.29) is 12.5 Å². The maximum Gasteiger partial charge on any atom is 0.304 e. The Morgan fingerprint density at radius 2 is 2.10 bits per heavy atom. The third-order valence-electron chi connectivity index (χ3n) is 3.53. The lowest BCUT2D eigenvalue weighted by Gasteiger charge is -2.21. The van der Waals surface area contributed by atoms with Crippen molar-refractivity contribution in [3.8, 4) is 0 Å². The molecule has 0 aromatic heterocycles. The van der Waals surface area contributed by atoms with E-state index in [0.717, 1.165) is 38.1 Å². The number of carbonyl (C=O) groups excluding carboxylic acids is 1. The highest BCUT2D eigenvalue weighted by atomic mass is 19.1. The van der Waals surface area contributed by atoms with Gasteiger partial charge in [-0.1, -0.05) is 6.07 Å². The fraction of sp³-hybridized carbons (Fsp3) is 0.500. The van der Waals surface area contributed by atoms with Crippen LogP contribution in [0, 0.1) is 15.9 Å². The zero-order chi connectivity index (χ0) is 15.4. The second-order valence-electron chi connectivity index (χ2n) is 5.30. The average molecular weight is 295 g/mol. The van der Waals surface area contributed by atoms with Gasteiger partial charge < -0.3 is 4.90 Å². The van der Waals surface area contributed by atoms with Crippen LogP contribution in [0.15, 0.2) is 18.2 Å². The van der Waals surface area contributed by atoms with Crippen LogP contribution in [0.3, 0.4) is 0 Å². The first-order valence-corrected chi connectivity index (χ1v) is 6.86. The Bertz CT molecular complexity index is 544. The second kappa shape index (κ2) is 6.62. The molecular formula is C14H18FN3O3. The Morgan fingerprint density at radius 1 is 1.43 bits per heavy atom. The topological polar surface area (TPSA) is 66.7 Å². The largest absolute Gasteiger partial charge is 0.342 e. The first-order valence-electron chi connectivity index (χ1n) is 6.86. The lowest BCUT2D eigenvalue weighted by molar-refractivity contribution is -0.387. The van der Waals surface area contributed by atoms with Gasteiger partial charge in [0.2, 0.25) is 11.7 Å². The Kier molecular flexibility index (Phi) is 4.85. The zero-order valence-corrected chi connectivity index (χ0v) is 11.9. The van der Waals surface area contributed by atoms with Crippen molar-refractivity contribution in [2.75, 3.05) is 26.7 Å². The van der Waals surface area contributed by atoms with Crippen molar-refractivity contribution >= 4 is 11.6 Å². The van der Waals surface area contributed by atoms with Gasteiger partial charge in [0, 0.05) is 25.7 Å². The Labute approximate surface area is 122 Å². The van der Waals surface area contributed by atoms with Crippen molar-refractivity contribution in [2.45, 2.75) is 19.4 Å². The minimum atomic E-state index is -0.850. The number of carbonyl (C=O) groups is 1. The molecule has 0 unspecified atom stereocenters. The predicted octanol–water partition coefficient (Wildman–Crippen LogP) is 1.79. The molecule has 0 saturated carbocycles. The third-order valence-corrected chi connectivity index (χ3v) is 3.53. The summed E-state index contributed by atoms with van der Waals surface area (Å²) in [5.74, 6) is -0.783. The molecule has 2 rings (SSSR count). The normalized spacial score (nSPS) is 14.7. The van der Waals surface area contributed by atoms with Crippen LogP contribution >= 0.6 is 0 Å². The van der Waals surface area contributed by atoms with Gasteiger partial charge >= 0.3 is 5.69 Å². The molecule has 0 bridgehead atoms. The maximum atomic E-state index is 13.5. The van der Waals surface area contributed by atoms with E-state index in [4.69, 9.17) is 0 Å². The Balaban J connectivity index is 1.93. The minimum absolute atomic E-state index is 0.0670. The van der Waals surface area contributed by atoms with Gasteiger partial charge in [0.25, 0.3) is 0 Å². The van der Waals surface area contributed by atoms with E-state index in [9.17, 15) is 19.3 Å². The van der Waals surface area contributed by atoms with Gasteiger partial charge in [0.05, 0.1) is 11.5 Å². The van der Waals surface area contributed by atoms with E-state index in [1.54, 1.807) is 11.9 Å². The van der Waals surface area contributed by atoms with Crippen LogP contribution in [0.1, 0.15) is 18.4 Å². The molecule has 0 radical (unpaired) electrons. The lowest BCUT2D eigenvalue weighted by Crippen LogP contribution is -2.36. The Hall–Kier alpha value is -2.02. The number of rotatable bonds is 5. The highest BCUT2D eigenvalue weighted by Crippen LogP contribution is 2.18. The zero-order valence-electron chi connectivity index (χ0n) is 11.9. The molecule has 1 aliphatic heterocycles. The monoisotopic (exact) mass is 295 g/mol. The molecule has 0 aliphatic carbocycles. The molecule has 6 nitrogen and oxygen atoms in total. The summed E-state index contributed by atoms with van der Waals surface area (Å²) in [5, 5.41) is 10.6. The van der Waals surface area contributed by atoms with Gasteiger partial charge in [-0.15, -0.1) is 0 Å². The van der Waals surface area contributed by atoms with Crippen LogP contribution in [0.2, 0.25) is 0 Å². The first-order chi connectivity index (χ1) is 9.97. The van der Waals surface area contributed by atoms with Gasteiger partial charge in [-0.05, 0) is 31.5 Å². The number of benzene rings is 1. The summed E-state index contributed by atoms with van der Waals surface area (Å²) in [7, 11) is 1.77. The molecule has 7 heteroatoms. The Morgan fingerprint density at radius 3 is 2.67 bits per heavy atom. The molecule has 1 amide bonds. The second-order valence-corrected chi connectivity index (χ2v) is 5.30. The SMILES string of the molecule is CN(CC(=O)N1CCCC1)Cc1ccc([N+](=O)[O-])c(F)c1. The molecule has 1 saturated heterocycles. The molecule has 1 aromatic rings. The summed E-state index contributed by atoms with van der Waals surface area (Å²) in [6.45, 7) is 2.24. The highest BCUT2D eigenvalue weighted by Gasteiger charge is 2.19. The van der Waals surface area contributed by atoms with E-state index >= 15 is 0 Å². The maximum absolute atomic E-state index is 13.5. The third kappa shape index (κ3) is 3.98. The molecule has 21 heavy (non-hydrogen) atoms. The van der Waals surface area contributed by atoms with Crippen molar-refractivity contribution in [1.82, 2.24) is 9.80 Å². The van der Waals surface area contributed by atoms with Gasteiger partial charge in [-0.2, -0.15) is 4.39 Å². The van der Waals surface area contributed by atoms with E-state index in [0.29, 0.717) is 12.1 Å². The van der Waals surface area contributed by atoms with Crippen molar-refractivity contribution in [3.63, 3.8) is 0 Å². The van der Waals surface area contributed by atoms with Crippen LogP contribution < -0.4 is 0 Å². The smallest absolute Gasteiger partial charge is 0.304 e. The molecule has 1 aromatic carbocycles. The number of nitrogens with zero attached hydrogens (tertiary/aromatic N) is 3. The molecule has 0 N–H and O–H groups in total. The number of nitro groups is 1.